The number of hydrogen-bond acceptors (Lipinski definition) is 5. The number of alkyl halides is 1. The van der Waals surface area contributed by atoms with E-state index >= 15 is 0 Å². The molecule has 0 aromatic carbocycles. The first kappa shape index (κ1) is 11.5. The first-order chi connectivity index (χ1) is 6.58. The Bertz CT molecular complexity index is 230. The highest BCUT2D eigenvalue weighted by atomic mass is 127. The average molecular weight is 314 g/mol. The zero-order valence-corrected chi connectivity index (χ0v) is 9.91. The van der Waals surface area contributed by atoms with Crippen molar-refractivity contribution in [3.05, 3.63) is 0 Å². The van der Waals surface area contributed by atoms with Gasteiger partial charge in [-0.2, -0.15) is 0 Å². The van der Waals surface area contributed by atoms with E-state index in [0.29, 0.717) is 6.61 Å². The standard InChI is InChI=1S/C8H11IO5/c1-8(6(10)12-3-2-9)4-13-7(11)14-5-8/h2-5H2,1H3. The van der Waals surface area contributed by atoms with Crippen molar-refractivity contribution in [2.24, 2.45) is 5.41 Å². The smallest absolute Gasteiger partial charge is 0.464 e. The third-order valence-corrected chi connectivity index (χ3v) is 2.26. The lowest BCUT2D eigenvalue weighted by Gasteiger charge is -2.29. The maximum Gasteiger partial charge on any atom is 0.508 e. The molecule has 0 atom stereocenters. The fourth-order valence-electron chi connectivity index (χ4n) is 0.943. The van der Waals surface area contributed by atoms with Gasteiger partial charge in [-0.05, 0) is 6.92 Å². The molecule has 1 aliphatic rings. The molecule has 1 heterocycles. The van der Waals surface area contributed by atoms with Crippen molar-refractivity contribution in [2.75, 3.05) is 24.2 Å². The number of ether oxygens (including phenoxy) is 3. The Morgan fingerprint density at radius 3 is 2.64 bits per heavy atom. The van der Waals surface area contributed by atoms with E-state index < -0.39 is 11.6 Å². The molecule has 1 aliphatic heterocycles. The second-order valence-electron chi connectivity index (χ2n) is 3.21. The van der Waals surface area contributed by atoms with Crippen LogP contribution >= 0.6 is 22.6 Å². The van der Waals surface area contributed by atoms with Crippen molar-refractivity contribution < 1.29 is 23.8 Å². The number of halogens is 1. The summed E-state index contributed by atoms with van der Waals surface area (Å²) < 4.78 is 14.9. The molecular formula is C8H11IO5. The summed E-state index contributed by atoms with van der Waals surface area (Å²) in [4.78, 5) is 22.1. The highest BCUT2D eigenvalue weighted by Crippen LogP contribution is 2.23. The number of carbonyl (C=O) groups excluding carboxylic acids is 2. The molecular weight excluding hydrogens is 303 g/mol. The first-order valence-corrected chi connectivity index (χ1v) is 5.64. The summed E-state index contributed by atoms with van der Waals surface area (Å²) in [7, 11) is 0. The molecule has 80 valence electrons. The number of cyclic esters (lactones) is 2. The van der Waals surface area contributed by atoms with Crippen LogP contribution in [0.3, 0.4) is 0 Å². The zero-order chi connectivity index (χ0) is 10.6. The van der Waals surface area contributed by atoms with Gasteiger partial charge in [0.1, 0.15) is 25.2 Å². The normalized spacial score (nSPS) is 19.4. The van der Waals surface area contributed by atoms with Gasteiger partial charge in [0, 0.05) is 4.43 Å². The highest BCUT2D eigenvalue weighted by Gasteiger charge is 2.41. The van der Waals surface area contributed by atoms with E-state index in [4.69, 9.17) is 4.74 Å². The van der Waals surface area contributed by atoms with Gasteiger partial charge in [-0.1, -0.05) is 22.6 Å². The van der Waals surface area contributed by atoms with Crippen molar-refractivity contribution in [2.45, 2.75) is 6.92 Å². The maximum absolute atomic E-state index is 11.5. The molecule has 0 N–H and O–H groups in total. The van der Waals surface area contributed by atoms with Gasteiger partial charge in [0.2, 0.25) is 0 Å². The van der Waals surface area contributed by atoms with E-state index in [0.717, 1.165) is 4.43 Å². The highest BCUT2D eigenvalue weighted by molar-refractivity contribution is 14.1. The molecule has 1 saturated heterocycles. The number of hydrogen-bond donors (Lipinski definition) is 0. The molecule has 6 heteroatoms. The van der Waals surface area contributed by atoms with E-state index in [1.54, 1.807) is 6.92 Å². The molecule has 0 aliphatic carbocycles. The van der Waals surface area contributed by atoms with Crippen molar-refractivity contribution in [1.82, 2.24) is 0 Å². The molecule has 0 radical (unpaired) electrons. The van der Waals surface area contributed by atoms with E-state index in [1.807, 2.05) is 0 Å². The molecule has 0 aromatic rings. The van der Waals surface area contributed by atoms with E-state index in [9.17, 15) is 9.59 Å². The molecule has 1 rings (SSSR count). The molecule has 1 fully saturated rings. The first-order valence-electron chi connectivity index (χ1n) is 4.11. The molecule has 0 unspecified atom stereocenters. The third-order valence-electron chi connectivity index (χ3n) is 1.82. The third kappa shape index (κ3) is 2.73. The topological polar surface area (TPSA) is 61.8 Å². The molecule has 5 nitrogen and oxygen atoms in total. The Kier molecular flexibility index (Phi) is 3.97. The lowest BCUT2D eigenvalue weighted by Crippen LogP contribution is -2.44. The van der Waals surface area contributed by atoms with Crippen LogP contribution in [0.4, 0.5) is 4.79 Å². The minimum atomic E-state index is -0.861. The quantitative estimate of drug-likeness (QED) is 0.444. The minimum absolute atomic E-state index is 0.0198. The van der Waals surface area contributed by atoms with Gasteiger partial charge in [-0.3, -0.25) is 4.79 Å². The van der Waals surface area contributed by atoms with Gasteiger partial charge in [-0.15, -0.1) is 0 Å². The predicted octanol–water partition coefficient (Wildman–Crippen LogP) is 1.14. The van der Waals surface area contributed by atoms with Crippen LogP contribution in [0.2, 0.25) is 0 Å². The van der Waals surface area contributed by atoms with Crippen LogP contribution < -0.4 is 0 Å². The van der Waals surface area contributed by atoms with Gasteiger partial charge < -0.3 is 14.2 Å². The summed E-state index contributed by atoms with van der Waals surface area (Å²) >= 11 is 2.11. The summed E-state index contributed by atoms with van der Waals surface area (Å²) in [5.74, 6) is -0.387. The molecule has 0 saturated carbocycles. The van der Waals surface area contributed by atoms with Crippen LogP contribution in [-0.4, -0.2) is 36.4 Å². The van der Waals surface area contributed by atoms with E-state index in [-0.39, 0.29) is 19.2 Å². The molecule has 0 aromatic heterocycles. The monoisotopic (exact) mass is 314 g/mol. The summed E-state index contributed by atoms with van der Waals surface area (Å²) in [6.45, 7) is 2.05. The van der Waals surface area contributed by atoms with E-state index in [1.165, 1.54) is 0 Å². The Balaban J connectivity index is 2.48. The molecule has 0 amide bonds. The van der Waals surface area contributed by atoms with Crippen molar-refractivity contribution in [3.8, 4) is 0 Å². The largest absolute Gasteiger partial charge is 0.508 e. The summed E-state index contributed by atoms with van der Waals surface area (Å²) in [5.41, 5.74) is -0.861. The maximum atomic E-state index is 11.5. The Hall–Kier alpha value is -0.530. The summed E-state index contributed by atoms with van der Waals surface area (Å²) in [6, 6.07) is 0. The van der Waals surface area contributed by atoms with Crippen LogP contribution in [0, 0.1) is 5.41 Å². The molecule has 14 heavy (non-hydrogen) atoms. The van der Waals surface area contributed by atoms with Crippen LogP contribution in [-0.2, 0) is 19.0 Å². The number of esters is 1. The van der Waals surface area contributed by atoms with Gasteiger partial charge in [0.25, 0.3) is 0 Å². The Labute approximate surface area is 95.2 Å². The van der Waals surface area contributed by atoms with E-state index in [2.05, 4.69) is 32.1 Å². The van der Waals surface area contributed by atoms with Crippen LogP contribution in [0.15, 0.2) is 0 Å². The molecule has 0 bridgehead atoms. The lowest BCUT2D eigenvalue weighted by atomic mass is 9.93. The Morgan fingerprint density at radius 2 is 2.14 bits per heavy atom. The van der Waals surface area contributed by atoms with Gasteiger partial charge in [0.15, 0.2) is 0 Å². The average Bonchev–Trinajstić information content (AvgIpc) is 2.19. The number of carbonyl (C=O) groups is 2. The Morgan fingerprint density at radius 1 is 1.57 bits per heavy atom. The zero-order valence-electron chi connectivity index (χ0n) is 7.75. The number of rotatable bonds is 3. The van der Waals surface area contributed by atoms with Crippen LogP contribution in [0.25, 0.3) is 0 Å². The van der Waals surface area contributed by atoms with Gasteiger partial charge in [-0.25, -0.2) is 4.79 Å². The summed E-state index contributed by atoms with van der Waals surface area (Å²) in [5, 5.41) is 0. The van der Waals surface area contributed by atoms with Crippen molar-refractivity contribution in [1.29, 1.82) is 0 Å². The second kappa shape index (κ2) is 4.81. The van der Waals surface area contributed by atoms with Crippen molar-refractivity contribution >= 4 is 34.7 Å². The summed E-state index contributed by atoms with van der Waals surface area (Å²) in [6.07, 6.45) is -0.732. The second-order valence-corrected chi connectivity index (χ2v) is 4.29. The van der Waals surface area contributed by atoms with Gasteiger partial charge in [0.05, 0.1) is 0 Å². The fourth-order valence-corrected chi connectivity index (χ4v) is 1.16. The van der Waals surface area contributed by atoms with Gasteiger partial charge >= 0.3 is 12.1 Å². The predicted molar refractivity (Wildman–Crippen MR) is 55.3 cm³/mol. The lowest BCUT2D eigenvalue weighted by molar-refractivity contribution is -0.165. The SMILES string of the molecule is CC1(C(=O)OCCI)COC(=O)OC1. The van der Waals surface area contributed by atoms with Crippen LogP contribution in [0.1, 0.15) is 6.92 Å². The van der Waals surface area contributed by atoms with Crippen molar-refractivity contribution in [3.63, 3.8) is 0 Å². The molecule has 0 spiro atoms. The fraction of sp³-hybridized carbons (Fsp3) is 0.750. The minimum Gasteiger partial charge on any atom is -0.464 e. The van der Waals surface area contributed by atoms with Crippen LogP contribution in [0.5, 0.6) is 0 Å².